The van der Waals surface area contributed by atoms with Crippen molar-refractivity contribution in [2.24, 2.45) is 5.92 Å². The number of benzene rings is 1. The van der Waals surface area contributed by atoms with Gasteiger partial charge in [0.2, 0.25) is 0 Å². The Balaban J connectivity index is 1.77. The molecule has 1 aliphatic rings. The monoisotopic (exact) mass is 282 g/mol. The normalized spacial score (nSPS) is 16.4. The topological polar surface area (TPSA) is 15.3 Å². The lowest BCUT2D eigenvalue weighted by Gasteiger charge is -2.29. The fourth-order valence-corrected chi connectivity index (χ4v) is 2.36. The summed E-state index contributed by atoms with van der Waals surface area (Å²) in [5.41, 5.74) is 1.37. The smallest absolute Gasteiger partial charge is 0.0241 e. The lowest BCUT2D eigenvalue weighted by Crippen LogP contribution is -2.43. The summed E-state index contributed by atoms with van der Waals surface area (Å²) < 4.78 is 1.21. The zero-order valence-corrected chi connectivity index (χ0v) is 11.3. The summed E-state index contributed by atoms with van der Waals surface area (Å²) in [5.74, 6) is 0.904. The van der Waals surface area contributed by atoms with E-state index in [4.69, 9.17) is 0 Å². The van der Waals surface area contributed by atoms with Crippen LogP contribution in [0.3, 0.4) is 0 Å². The molecule has 1 heterocycles. The molecule has 2 rings (SSSR count). The summed E-state index contributed by atoms with van der Waals surface area (Å²) in [5, 5.41) is 3.32. The molecule has 1 saturated heterocycles. The maximum Gasteiger partial charge on any atom is 0.0241 e. The van der Waals surface area contributed by atoms with Crippen molar-refractivity contribution >= 4 is 15.9 Å². The molecular weight excluding hydrogens is 264 g/mol. The van der Waals surface area contributed by atoms with Crippen molar-refractivity contribution in [3.8, 4) is 0 Å². The Hall–Kier alpha value is -0.380. The van der Waals surface area contributed by atoms with Gasteiger partial charge in [0.1, 0.15) is 0 Å². The van der Waals surface area contributed by atoms with Gasteiger partial charge < -0.3 is 10.2 Å². The molecule has 0 bridgehead atoms. The van der Waals surface area contributed by atoms with Gasteiger partial charge in [0.25, 0.3) is 0 Å². The summed E-state index contributed by atoms with van der Waals surface area (Å²) in [6.45, 7) is 4.64. The van der Waals surface area contributed by atoms with Gasteiger partial charge in [-0.1, -0.05) is 34.1 Å². The molecule has 1 aromatic rings. The van der Waals surface area contributed by atoms with Crippen molar-refractivity contribution in [1.29, 1.82) is 0 Å². The highest BCUT2D eigenvalue weighted by molar-refractivity contribution is 9.10. The molecule has 0 aromatic heterocycles. The molecule has 0 amide bonds. The first-order valence-electron chi connectivity index (χ1n) is 5.88. The van der Waals surface area contributed by atoms with Crippen LogP contribution < -0.4 is 5.32 Å². The zero-order chi connectivity index (χ0) is 11.4. The molecular formula is C13H19BrN2. The van der Waals surface area contributed by atoms with E-state index in [1.807, 2.05) is 0 Å². The van der Waals surface area contributed by atoms with Crippen molar-refractivity contribution < 1.29 is 0 Å². The predicted octanol–water partition coefficient (Wildman–Crippen LogP) is 2.49. The molecule has 88 valence electrons. The van der Waals surface area contributed by atoms with Gasteiger partial charge in [-0.3, -0.25) is 0 Å². The van der Waals surface area contributed by atoms with E-state index in [1.165, 1.54) is 36.1 Å². The van der Waals surface area contributed by atoms with Gasteiger partial charge in [-0.15, -0.1) is 0 Å². The van der Waals surface area contributed by atoms with Crippen molar-refractivity contribution in [3.05, 3.63) is 34.3 Å². The van der Waals surface area contributed by atoms with Crippen molar-refractivity contribution in [1.82, 2.24) is 10.2 Å². The average Bonchev–Trinajstić information content (AvgIpc) is 2.19. The lowest BCUT2D eigenvalue weighted by atomic mass is 9.99. The van der Waals surface area contributed by atoms with Crippen molar-refractivity contribution in [2.45, 2.75) is 13.0 Å². The van der Waals surface area contributed by atoms with Crippen LogP contribution in [0.25, 0.3) is 0 Å². The fraction of sp³-hybridized carbons (Fsp3) is 0.538. The Morgan fingerprint density at radius 3 is 2.75 bits per heavy atom. The molecule has 0 saturated carbocycles. The minimum atomic E-state index is 0.904. The van der Waals surface area contributed by atoms with Crippen LogP contribution in [0.15, 0.2) is 28.7 Å². The van der Waals surface area contributed by atoms with Gasteiger partial charge in [0.15, 0.2) is 0 Å². The third kappa shape index (κ3) is 3.30. The molecule has 0 aliphatic carbocycles. The minimum absolute atomic E-state index is 0.904. The van der Waals surface area contributed by atoms with Gasteiger partial charge in [0.05, 0.1) is 0 Å². The number of hydrogen-bond donors (Lipinski definition) is 1. The molecule has 3 heteroatoms. The predicted molar refractivity (Wildman–Crippen MR) is 71.5 cm³/mol. The fourth-order valence-electron chi connectivity index (χ4n) is 1.95. The molecule has 0 atom stereocenters. The maximum absolute atomic E-state index is 3.59. The SMILES string of the molecule is CN(CCC1CNC1)Cc1ccccc1Br. The van der Waals surface area contributed by atoms with E-state index < -0.39 is 0 Å². The molecule has 1 aromatic carbocycles. The maximum atomic E-state index is 3.59. The third-order valence-corrected chi connectivity index (χ3v) is 3.96. The second-order valence-corrected chi connectivity index (χ2v) is 5.50. The van der Waals surface area contributed by atoms with Gasteiger partial charge in [-0.05, 0) is 50.7 Å². The quantitative estimate of drug-likeness (QED) is 0.893. The Kier molecular flexibility index (Phi) is 4.38. The molecule has 0 spiro atoms. The van der Waals surface area contributed by atoms with Gasteiger partial charge >= 0.3 is 0 Å². The van der Waals surface area contributed by atoms with E-state index >= 15 is 0 Å². The summed E-state index contributed by atoms with van der Waals surface area (Å²) in [6.07, 6.45) is 1.31. The standard InChI is InChI=1S/C13H19BrN2/c1-16(7-6-11-8-15-9-11)10-12-4-2-3-5-13(12)14/h2-5,11,15H,6-10H2,1H3. The average molecular weight is 283 g/mol. The first-order chi connectivity index (χ1) is 7.75. The second-order valence-electron chi connectivity index (χ2n) is 4.64. The van der Waals surface area contributed by atoms with Crippen LogP contribution in [0.2, 0.25) is 0 Å². The molecule has 1 N–H and O–H groups in total. The summed E-state index contributed by atoms with van der Waals surface area (Å²) in [7, 11) is 2.20. The molecule has 2 nitrogen and oxygen atoms in total. The number of nitrogens with zero attached hydrogens (tertiary/aromatic N) is 1. The minimum Gasteiger partial charge on any atom is -0.316 e. The van der Waals surface area contributed by atoms with Crippen LogP contribution in [0.1, 0.15) is 12.0 Å². The first kappa shape index (κ1) is 12.1. The second kappa shape index (κ2) is 5.80. The molecule has 1 fully saturated rings. The molecule has 1 aliphatic heterocycles. The van der Waals surface area contributed by atoms with E-state index in [1.54, 1.807) is 0 Å². The number of halogens is 1. The summed E-state index contributed by atoms with van der Waals surface area (Å²) in [4.78, 5) is 2.40. The van der Waals surface area contributed by atoms with Gasteiger partial charge in [-0.2, -0.15) is 0 Å². The van der Waals surface area contributed by atoms with Crippen LogP contribution in [0, 0.1) is 5.92 Å². The van der Waals surface area contributed by atoms with Gasteiger partial charge in [-0.25, -0.2) is 0 Å². The highest BCUT2D eigenvalue weighted by atomic mass is 79.9. The van der Waals surface area contributed by atoms with E-state index in [0.717, 1.165) is 12.5 Å². The first-order valence-corrected chi connectivity index (χ1v) is 6.67. The molecule has 16 heavy (non-hydrogen) atoms. The van der Waals surface area contributed by atoms with E-state index in [0.29, 0.717) is 0 Å². The molecule has 0 radical (unpaired) electrons. The highest BCUT2D eigenvalue weighted by Gasteiger charge is 2.16. The highest BCUT2D eigenvalue weighted by Crippen LogP contribution is 2.18. The zero-order valence-electron chi connectivity index (χ0n) is 9.75. The number of hydrogen-bond acceptors (Lipinski definition) is 2. The summed E-state index contributed by atoms with van der Waals surface area (Å²) >= 11 is 3.59. The van der Waals surface area contributed by atoms with Crippen LogP contribution in [-0.4, -0.2) is 31.6 Å². The van der Waals surface area contributed by atoms with E-state index in [9.17, 15) is 0 Å². The number of rotatable bonds is 5. The Bertz CT molecular complexity index is 336. The molecule has 0 unspecified atom stereocenters. The largest absolute Gasteiger partial charge is 0.316 e. The Labute approximate surface area is 106 Å². The number of nitrogens with one attached hydrogen (secondary N) is 1. The lowest BCUT2D eigenvalue weighted by molar-refractivity contribution is 0.252. The Morgan fingerprint density at radius 1 is 1.38 bits per heavy atom. The van der Waals surface area contributed by atoms with E-state index in [2.05, 4.69) is 57.5 Å². The summed E-state index contributed by atoms with van der Waals surface area (Å²) in [6, 6.07) is 8.46. The van der Waals surface area contributed by atoms with Crippen LogP contribution in [-0.2, 0) is 6.54 Å². The Morgan fingerprint density at radius 2 is 2.12 bits per heavy atom. The van der Waals surface area contributed by atoms with Crippen LogP contribution >= 0.6 is 15.9 Å². The van der Waals surface area contributed by atoms with Crippen molar-refractivity contribution in [3.63, 3.8) is 0 Å². The van der Waals surface area contributed by atoms with Crippen molar-refractivity contribution in [2.75, 3.05) is 26.7 Å². The van der Waals surface area contributed by atoms with E-state index in [-0.39, 0.29) is 0 Å². The van der Waals surface area contributed by atoms with Crippen LogP contribution in [0.5, 0.6) is 0 Å². The van der Waals surface area contributed by atoms with Crippen LogP contribution in [0.4, 0.5) is 0 Å². The van der Waals surface area contributed by atoms with Gasteiger partial charge in [0, 0.05) is 11.0 Å². The third-order valence-electron chi connectivity index (χ3n) is 3.18.